The maximum atomic E-state index is 11.6. The van der Waals surface area contributed by atoms with Gasteiger partial charge in [-0.25, -0.2) is 14.8 Å². The second kappa shape index (κ2) is 4.72. The van der Waals surface area contributed by atoms with Crippen LogP contribution in [0.15, 0.2) is 12.1 Å². The molecule has 0 amide bonds. The van der Waals surface area contributed by atoms with Crippen molar-refractivity contribution in [1.82, 2.24) is 14.5 Å². The molecule has 0 aliphatic carbocycles. The normalized spacial score (nSPS) is 10.5. The Labute approximate surface area is 111 Å². The molecule has 19 heavy (non-hydrogen) atoms. The van der Waals surface area contributed by atoms with Crippen LogP contribution < -0.4 is 5.73 Å². The molecule has 6 heteroatoms. The van der Waals surface area contributed by atoms with Crippen LogP contribution in [0.2, 0.25) is 0 Å². The molecule has 0 spiro atoms. The van der Waals surface area contributed by atoms with E-state index in [9.17, 15) is 4.79 Å². The molecule has 0 aromatic carbocycles. The fourth-order valence-corrected chi connectivity index (χ4v) is 2.02. The number of nitrogen functional groups attached to an aromatic ring is 1. The number of pyridine rings is 1. The zero-order valence-corrected chi connectivity index (χ0v) is 11.4. The number of carbonyl (C=O) groups excluding carboxylic acids is 1. The fraction of sp³-hybridized carbons (Fsp3) is 0.308. The Morgan fingerprint density at radius 2 is 1.95 bits per heavy atom. The summed E-state index contributed by atoms with van der Waals surface area (Å²) >= 11 is 0. The van der Waals surface area contributed by atoms with E-state index in [0.29, 0.717) is 11.6 Å². The lowest BCUT2D eigenvalue weighted by Crippen LogP contribution is -2.09. The third kappa shape index (κ3) is 2.29. The van der Waals surface area contributed by atoms with Crippen molar-refractivity contribution < 1.29 is 9.53 Å². The molecule has 0 bridgehead atoms. The fourth-order valence-electron chi connectivity index (χ4n) is 2.02. The number of rotatable bonds is 2. The molecule has 0 atom stereocenters. The Balaban J connectivity index is 2.62. The van der Waals surface area contributed by atoms with Gasteiger partial charge < -0.3 is 10.5 Å². The van der Waals surface area contributed by atoms with Crippen LogP contribution >= 0.6 is 0 Å². The van der Waals surface area contributed by atoms with Crippen molar-refractivity contribution in [2.75, 3.05) is 12.8 Å². The predicted octanol–water partition coefficient (Wildman–Crippen LogP) is 1.56. The Morgan fingerprint density at radius 1 is 1.26 bits per heavy atom. The lowest BCUT2D eigenvalue weighted by atomic mass is 10.2. The minimum Gasteiger partial charge on any atom is -0.464 e. The lowest BCUT2D eigenvalue weighted by molar-refractivity contribution is 0.0596. The molecular formula is C13H16N4O2. The number of anilines is 1. The second-order valence-corrected chi connectivity index (χ2v) is 4.36. The first kappa shape index (κ1) is 13.1. The molecule has 0 aliphatic heterocycles. The lowest BCUT2D eigenvalue weighted by Gasteiger charge is -2.08. The summed E-state index contributed by atoms with van der Waals surface area (Å²) in [5.74, 6) is 0.927. The van der Waals surface area contributed by atoms with Crippen molar-refractivity contribution in [2.24, 2.45) is 0 Å². The number of ether oxygens (including phenoxy) is 1. The highest BCUT2D eigenvalue weighted by Crippen LogP contribution is 2.20. The van der Waals surface area contributed by atoms with Gasteiger partial charge in [0.05, 0.1) is 7.11 Å². The van der Waals surface area contributed by atoms with Gasteiger partial charge in [0.15, 0.2) is 5.69 Å². The Morgan fingerprint density at radius 3 is 2.53 bits per heavy atom. The van der Waals surface area contributed by atoms with E-state index < -0.39 is 5.97 Å². The van der Waals surface area contributed by atoms with Crippen LogP contribution in [-0.4, -0.2) is 27.6 Å². The van der Waals surface area contributed by atoms with Crippen molar-refractivity contribution in [3.63, 3.8) is 0 Å². The van der Waals surface area contributed by atoms with Crippen molar-refractivity contribution >= 4 is 11.8 Å². The van der Waals surface area contributed by atoms with Crippen LogP contribution in [0.3, 0.4) is 0 Å². The number of esters is 1. The maximum absolute atomic E-state index is 11.6. The minimum atomic E-state index is -0.552. The van der Waals surface area contributed by atoms with E-state index in [-0.39, 0.29) is 11.5 Å². The zero-order chi connectivity index (χ0) is 14.2. The quantitative estimate of drug-likeness (QED) is 0.828. The Hall–Kier alpha value is -2.37. The zero-order valence-electron chi connectivity index (χ0n) is 11.4. The Bertz CT molecular complexity index is 626. The van der Waals surface area contributed by atoms with Crippen LogP contribution in [0, 0.1) is 20.8 Å². The van der Waals surface area contributed by atoms with E-state index in [1.165, 1.54) is 7.11 Å². The topological polar surface area (TPSA) is 83.0 Å². The van der Waals surface area contributed by atoms with E-state index in [4.69, 9.17) is 5.73 Å². The van der Waals surface area contributed by atoms with Gasteiger partial charge in [-0.3, -0.25) is 4.57 Å². The molecule has 0 unspecified atom stereocenters. The van der Waals surface area contributed by atoms with Crippen molar-refractivity contribution in [2.45, 2.75) is 20.8 Å². The van der Waals surface area contributed by atoms with Crippen LogP contribution in [0.25, 0.3) is 5.82 Å². The van der Waals surface area contributed by atoms with Gasteiger partial charge in [-0.1, -0.05) is 0 Å². The number of imidazole rings is 1. The van der Waals surface area contributed by atoms with Crippen molar-refractivity contribution in [3.8, 4) is 5.82 Å². The van der Waals surface area contributed by atoms with E-state index in [1.54, 1.807) is 11.5 Å². The van der Waals surface area contributed by atoms with Gasteiger partial charge >= 0.3 is 5.97 Å². The number of carbonyl (C=O) groups is 1. The van der Waals surface area contributed by atoms with Gasteiger partial charge in [0.25, 0.3) is 0 Å². The highest BCUT2D eigenvalue weighted by molar-refractivity contribution is 5.92. The smallest absolute Gasteiger partial charge is 0.360 e. The number of methoxy groups -OCH3 is 1. The second-order valence-electron chi connectivity index (χ2n) is 4.36. The van der Waals surface area contributed by atoms with Gasteiger partial charge in [0, 0.05) is 5.69 Å². The molecular weight excluding hydrogens is 244 g/mol. The first-order chi connectivity index (χ1) is 8.93. The third-order valence-electron chi connectivity index (χ3n) is 2.77. The summed E-state index contributed by atoms with van der Waals surface area (Å²) < 4.78 is 6.30. The molecule has 100 valence electrons. The first-order valence-corrected chi connectivity index (χ1v) is 5.83. The summed E-state index contributed by atoms with van der Waals surface area (Å²) in [6, 6.07) is 3.85. The molecule has 0 radical (unpaired) electrons. The first-order valence-electron chi connectivity index (χ1n) is 5.83. The van der Waals surface area contributed by atoms with E-state index in [0.717, 1.165) is 11.3 Å². The average molecular weight is 260 g/mol. The van der Waals surface area contributed by atoms with E-state index in [2.05, 4.69) is 14.7 Å². The number of aromatic nitrogens is 3. The van der Waals surface area contributed by atoms with Crippen molar-refractivity contribution in [3.05, 3.63) is 34.9 Å². The molecule has 0 saturated heterocycles. The molecule has 0 fully saturated rings. The van der Waals surface area contributed by atoms with E-state index >= 15 is 0 Å². The number of nitrogens with zero attached hydrogens (tertiary/aromatic N) is 3. The van der Waals surface area contributed by atoms with Gasteiger partial charge in [0.1, 0.15) is 17.5 Å². The Kier molecular flexibility index (Phi) is 3.25. The van der Waals surface area contributed by atoms with E-state index in [1.807, 2.05) is 26.0 Å². The van der Waals surface area contributed by atoms with Crippen LogP contribution in [0.5, 0.6) is 0 Å². The summed E-state index contributed by atoms with van der Waals surface area (Å²) in [7, 11) is 1.30. The minimum absolute atomic E-state index is 0.112. The van der Waals surface area contributed by atoms with Gasteiger partial charge in [-0.05, 0) is 38.5 Å². The summed E-state index contributed by atoms with van der Waals surface area (Å²) in [6.07, 6.45) is 0. The van der Waals surface area contributed by atoms with Crippen LogP contribution in [-0.2, 0) is 4.74 Å². The maximum Gasteiger partial charge on any atom is 0.360 e. The summed E-state index contributed by atoms with van der Waals surface area (Å²) in [5, 5.41) is 0. The highest BCUT2D eigenvalue weighted by atomic mass is 16.5. The van der Waals surface area contributed by atoms with Crippen LogP contribution in [0.4, 0.5) is 5.82 Å². The number of hydrogen-bond donors (Lipinski definition) is 1. The summed E-state index contributed by atoms with van der Waals surface area (Å²) in [4.78, 5) is 20.1. The number of aryl methyl sites for hydroxylation is 3. The van der Waals surface area contributed by atoms with Gasteiger partial charge in [0.2, 0.25) is 0 Å². The standard InChI is InChI=1S/C13H16N4O2/c1-7-5-8(2)15-10(6-7)17-9(3)16-11(12(17)14)13(18)19-4/h5-6H,14H2,1-4H3. The highest BCUT2D eigenvalue weighted by Gasteiger charge is 2.20. The third-order valence-corrected chi connectivity index (χ3v) is 2.77. The predicted molar refractivity (Wildman–Crippen MR) is 71.3 cm³/mol. The van der Waals surface area contributed by atoms with Gasteiger partial charge in [-0.2, -0.15) is 0 Å². The molecule has 0 saturated carbocycles. The molecule has 2 heterocycles. The van der Waals surface area contributed by atoms with Gasteiger partial charge in [-0.15, -0.1) is 0 Å². The van der Waals surface area contributed by atoms with Crippen molar-refractivity contribution in [1.29, 1.82) is 0 Å². The average Bonchev–Trinajstić information content (AvgIpc) is 2.62. The summed E-state index contributed by atoms with van der Waals surface area (Å²) in [5.41, 5.74) is 8.03. The molecule has 6 nitrogen and oxygen atoms in total. The molecule has 2 rings (SSSR count). The molecule has 2 N–H and O–H groups in total. The SMILES string of the molecule is COC(=O)c1nc(C)n(-c2cc(C)cc(C)n2)c1N. The largest absolute Gasteiger partial charge is 0.464 e. The summed E-state index contributed by atoms with van der Waals surface area (Å²) in [6.45, 7) is 5.64. The molecule has 2 aromatic rings. The monoisotopic (exact) mass is 260 g/mol. The molecule has 0 aliphatic rings. The molecule has 2 aromatic heterocycles. The number of nitrogens with two attached hydrogens (primary N) is 1. The van der Waals surface area contributed by atoms with Crippen LogP contribution in [0.1, 0.15) is 27.6 Å². The number of hydrogen-bond acceptors (Lipinski definition) is 5.